The van der Waals surface area contributed by atoms with Crippen LogP contribution in [0.4, 0.5) is 0 Å². The highest BCUT2D eigenvalue weighted by Crippen LogP contribution is 2.13. The largest absolute Gasteiger partial charge is 0.324 e. The van der Waals surface area contributed by atoms with Crippen LogP contribution in [0.25, 0.3) is 0 Å². The lowest BCUT2D eigenvalue weighted by molar-refractivity contribution is 0.702. The molecule has 1 atom stereocenters. The predicted octanol–water partition coefficient (Wildman–Crippen LogP) is 2.28. The second-order valence-corrected chi connectivity index (χ2v) is 4.11. The smallest absolute Gasteiger partial charge is 0.0422 e. The molecule has 0 aromatic carbocycles. The lowest BCUT2D eigenvalue weighted by Gasteiger charge is -2.11. The van der Waals surface area contributed by atoms with Crippen LogP contribution >= 0.6 is 0 Å². The molecule has 2 aromatic rings. The maximum absolute atomic E-state index is 6.12. The van der Waals surface area contributed by atoms with Crippen LogP contribution in [-0.4, -0.2) is 9.97 Å². The van der Waals surface area contributed by atoms with E-state index >= 15 is 0 Å². The molecule has 88 valence electrons. The Hall–Kier alpha value is -1.74. The minimum absolute atomic E-state index is 0.0383. The molecule has 1 unspecified atom stereocenters. The monoisotopic (exact) mass is 227 g/mol. The summed E-state index contributed by atoms with van der Waals surface area (Å²) in [4.78, 5) is 8.49. The summed E-state index contributed by atoms with van der Waals surface area (Å²) in [7, 11) is 0. The Kier molecular flexibility index (Phi) is 3.83. The van der Waals surface area contributed by atoms with Crippen LogP contribution < -0.4 is 5.73 Å². The van der Waals surface area contributed by atoms with Gasteiger partial charge in [0, 0.05) is 36.7 Å². The molecule has 0 saturated carbocycles. The van der Waals surface area contributed by atoms with Crippen LogP contribution in [0.3, 0.4) is 0 Å². The van der Waals surface area contributed by atoms with Gasteiger partial charge in [-0.3, -0.25) is 9.97 Å². The van der Waals surface area contributed by atoms with Gasteiger partial charge in [0.25, 0.3) is 0 Å². The molecule has 2 heterocycles. The second kappa shape index (κ2) is 5.55. The van der Waals surface area contributed by atoms with E-state index in [4.69, 9.17) is 5.73 Å². The molecule has 0 aliphatic carbocycles. The topological polar surface area (TPSA) is 51.8 Å². The van der Waals surface area contributed by atoms with Gasteiger partial charge < -0.3 is 5.73 Å². The molecule has 17 heavy (non-hydrogen) atoms. The van der Waals surface area contributed by atoms with E-state index in [9.17, 15) is 0 Å². The lowest BCUT2D eigenvalue weighted by Crippen LogP contribution is -2.14. The van der Waals surface area contributed by atoms with Crippen molar-refractivity contribution in [1.29, 1.82) is 0 Å². The summed E-state index contributed by atoms with van der Waals surface area (Å²) in [6.07, 6.45) is 7.25. The van der Waals surface area contributed by atoms with Crippen LogP contribution in [0.1, 0.15) is 29.8 Å². The van der Waals surface area contributed by atoms with Crippen molar-refractivity contribution < 1.29 is 0 Å². The molecule has 0 amide bonds. The number of pyridine rings is 2. The molecule has 0 spiro atoms. The SMILES string of the molecule is CCc1ccc(CC(N)c2cccnc2)nc1. The Morgan fingerprint density at radius 2 is 2.12 bits per heavy atom. The Morgan fingerprint density at radius 1 is 1.24 bits per heavy atom. The normalized spacial score (nSPS) is 12.4. The van der Waals surface area contributed by atoms with Crippen molar-refractivity contribution in [3.05, 3.63) is 59.7 Å². The molecule has 0 fully saturated rings. The average molecular weight is 227 g/mol. The van der Waals surface area contributed by atoms with Gasteiger partial charge in [-0.2, -0.15) is 0 Å². The molecular formula is C14H17N3. The van der Waals surface area contributed by atoms with Crippen LogP contribution in [-0.2, 0) is 12.8 Å². The van der Waals surface area contributed by atoms with Crippen LogP contribution in [0.15, 0.2) is 42.9 Å². The summed E-state index contributed by atoms with van der Waals surface area (Å²) in [5, 5.41) is 0. The maximum atomic E-state index is 6.12. The number of hydrogen-bond acceptors (Lipinski definition) is 3. The second-order valence-electron chi connectivity index (χ2n) is 4.11. The number of rotatable bonds is 4. The van der Waals surface area contributed by atoms with Gasteiger partial charge in [0.05, 0.1) is 0 Å². The molecule has 3 nitrogen and oxygen atoms in total. The highest BCUT2D eigenvalue weighted by molar-refractivity contribution is 5.19. The first-order valence-electron chi connectivity index (χ1n) is 5.89. The maximum Gasteiger partial charge on any atom is 0.0422 e. The molecule has 0 radical (unpaired) electrons. The van der Waals surface area contributed by atoms with Gasteiger partial charge in [0.15, 0.2) is 0 Å². The van der Waals surface area contributed by atoms with E-state index in [2.05, 4.69) is 29.0 Å². The minimum atomic E-state index is -0.0383. The van der Waals surface area contributed by atoms with Gasteiger partial charge in [0.1, 0.15) is 0 Å². The molecule has 0 aliphatic rings. The van der Waals surface area contributed by atoms with E-state index in [-0.39, 0.29) is 6.04 Å². The summed E-state index contributed by atoms with van der Waals surface area (Å²) >= 11 is 0. The first-order chi connectivity index (χ1) is 8.29. The fraction of sp³-hybridized carbons (Fsp3) is 0.286. The Bertz CT molecular complexity index is 451. The van der Waals surface area contributed by atoms with E-state index in [0.29, 0.717) is 0 Å². The van der Waals surface area contributed by atoms with Crippen LogP contribution in [0.2, 0.25) is 0 Å². The minimum Gasteiger partial charge on any atom is -0.324 e. The summed E-state index contributed by atoms with van der Waals surface area (Å²) < 4.78 is 0. The quantitative estimate of drug-likeness (QED) is 0.871. The standard InChI is InChI=1S/C14H17N3/c1-2-11-5-6-13(17-9-11)8-14(15)12-4-3-7-16-10-12/h3-7,9-10,14H,2,8,15H2,1H3. The van der Waals surface area contributed by atoms with Crippen molar-refractivity contribution in [1.82, 2.24) is 9.97 Å². The third kappa shape index (κ3) is 3.11. The van der Waals surface area contributed by atoms with Crippen molar-refractivity contribution in [2.45, 2.75) is 25.8 Å². The third-order valence-corrected chi connectivity index (χ3v) is 2.84. The van der Waals surface area contributed by atoms with Gasteiger partial charge >= 0.3 is 0 Å². The number of nitrogens with zero attached hydrogens (tertiary/aromatic N) is 2. The van der Waals surface area contributed by atoms with E-state index in [1.165, 1.54) is 5.56 Å². The van der Waals surface area contributed by atoms with Crippen molar-refractivity contribution in [2.75, 3.05) is 0 Å². The fourth-order valence-corrected chi connectivity index (χ4v) is 1.72. The summed E-state index contributed by atoms with van der Waals surface area (Å²) in [5.41, 5.74) is 9.45. The van der Waals surface area contributed by atoms with Crippen LogP contribution in [0, 0.1) is 0 Å². The summed E-state index contributed by atoms with van der Waals surface area (Å²) in [5.74, 6) is 0. The van der Waals surface area contributed by atoms with E-state index in [1.807, 2.05) is 24.5 Å². The Morgan fingerprint density at radius 3 is 2.71 bits per heavy atom. The molecule has 0 aliphatic heterocycles. The zero-order valence-corrected chi connectivity index (χ0v) is 10.0. The van der Waals surface area contributed by atoms with E-state index < -0.39 is 0 Å². The molecule has 2 aromatic heterocycles. The van der Waals surface area contributed by atoms with Gasteiger partial charge in [-0.15, -0.1) is 0 Å². The molecule has 2 N–H and O–H groups in total. The van der Waals surface area contributed by atoms with Crippen molar-refractivity contribution in [3.8, 4) is 0 Å². The lowest BCUT2D eigenvalue weighted by atomic mass is 10.0. The zero-order valence-electron chi connectivity index (χ0n) is 10.0. The van der Waals surface area contributed by atoms with Gasteiger partial charge in [-0.25, -0.2) is 0 Å². The first-order valence-corrected chi connectivity index (χ1v) is 5.89. The Labute approximate surface area is 102 Å². The zero-order chi connectivity index (χ0) is 12.1. The number of hydrogen-bond donors (Lipinski definition) is 1. The van der Waals surface area contributed by atoms with Crippen LogP contribution in [0.5, 0.6) is 0 Å². The number of aryl methyl sites for hydroxylation is 1. The number of nitrogens with two attached hydrogens (primary N) is 1. The average Bonchev–Trinajstić information content (AvgIpc) is 2.40. The Balaban J connectivity index is 2.05. The molecule has 0 saturated heterocycles. The predicted molar refractivity (Wildman–Crippen MR) is 68.5 cm³/mol. The highest BCUT2D eigenvalue weighted by atomic mass is 14.7. The van der Waals surface area contributed by atoms with Gasteiger partial charge in [-0.1, -0.05) is 19.1 Å². The van der Waals surface area contributed by atoms with E-state index in [1.54, 1.807) is 6.20 Å². The third-order valence-electron chi connectivity index (χ3n) is 2.84. The van der Waals surface area contributed by atoms with Crippen molar-refractivity contribution >= 4 is 0 Å². The summed E-state index contributed by atoms with van der Waals surface area (Å²) in [6.45, 7) is 2.12. The molecule has 2 rings (SSSR count). The van der Waals surface area contributed by atoms with Crippen molar-refractivity contribution in [3.63, 3.8) is 0 Å². The highest BCUT2D eigenvalue weighted by Gasteiger charge is 2.07. The first kappa shape index (κ1) is 11.7. The molecular weight excluding hydrogens is 210 g/mol. The van der Waals surface area contributed by atoms with E-state index in [0.717, 1.165) is 24.1 Å². The number of aromatic nitrogens is 2. The van der Waals surface area contributed by atoms with Crippen molar-refractivity contribution in [2.24, 2.45) is 5.73 Å². The molecule has 0 bridgehead atoms. The molecule has 3 heteroatoms. The summed E-state index contributed by atoms with van der Waals surface area (Å²) in [6, 6.07) is 8.03. The fourth-order valence-electron chi connectivity index (χ4n) is 1.72. The van der Waals surface area contributed by atoms with Gasteiger partial charge in [-0.05, 0) is 29.7 Å². The van der Waals surface area contributed by atoms with Gasteiger partial charge in [0.2, 0.25) is 0 Å².